The lowest BCUT2D eigenvalue weighted by Gasteiger charge is -2.39. The third-order valence-electron chi connectivity index (χ3n) is 3.88. The van der Waals surface area contributed by atoms with Crippen LogP contribution in [-0.2, 0) is 0 Å². The van der Waals surface area contributed by atoms with E-state index < -0.39 is 0 Å². The first kappa shape index (κ1) is 10.4. The third-order valence-corrected chi connectivity index (χ3v) is 3.88. The summed E-state index contributed by atoms with van der Waals surface area (Å²) in [6, 6.07) is 0.823. The van der Waals surface area contributed by atoms with Gasteiger partial charge in [0.25, 0.3) is 0 Å². The van der Waals surface area contributed by atoms with E-state index in [9.17, 15) is 0 Å². The van der Waals surface area contributed by atoms with Crippen LogP contribution in [0.2, 0.25) is 0 Å². The second-order valence-corrected chi connectivity index (χ2v) is 5.75. The zero-order chi connectivity index (χ0) is 10.0. The van der Waals surface area contributed by atoms with E-state index in [0.29, 0.717) is 5.41 Å². The molecule has 0 aromatic heterocycles. The SMILES string of the molecule is CC1CC(NCC2(C)CCCNC2)C1. The number of hydrogen-bond donors (Lipinski definition) is 2. The van der Waals surface area contributed by atoms with Crippen molar-refractivity contribution in [3.05, 3.63) is 0 Å². The highest BCUT2D eigenvalue weighted by Crippen LogP contribution is 2.29. The van der Waals surface area contributed by atoms with Gasteiger partial charge in [-0.1, -0.05) is 13.8 Å². The fraction of sp³-hybridized carbons (Fsp3) is 1.00. The van der Waals surface area contributed by atoms with E-state index in [2.05, 4.69) is 24.5 Å². The van der Waals surface area contributed by atoms with Crippen LogP contribution in [0.3, 0.4) is 0 Å². The molecule has 0 amide bonds. The molecule has 1 heterocycles. The quantitative estimate of drug-likeness (QED) is 0.719. The Labute approximate surface area is 87.8 Å². The molecule has 82 valence electrons. The molecule has 0 spiro atoms. The van der Waals surface area contributed by atoms with Crippen LogP contribution >= 0.6 is 0 Å². The Morgan fingerprint density at radius 2 is 2.21 bits per heavy atom. The summed E-state index contributed by atoms with van der Waals surface area (Å²) in [7, 11) is 0. The van der Waals surface area contributed by atoms with Gasteiger partial charge in [-0.15, -0.1) is 0 Å². The first-order chi connectivity index (χ1) is 6.68. The Bertz CT molecular complexity index is 179. The van der Waals surface area contributed by atoms with Gasteiger partial charge in [0.05, 0.1) is 0 Å². The van der Waals surface area contributed by atoms with Crippen LogP contribution in [0.4, 0.5) is 0 Å². The van der Waals surface area contributed by atoms with Crippen molar-refractivity contribution >= 4 is 0 Å². The van der Waals surface area contributed by atoms with Crippen molar-refractivity contribution in [1.82, 2.24) is 10.6 Å². The zero-order valence-electron chi connectivity index (χ0n) is 9.60. The molecular weight excluding hydrogens is 172 g/mol. The van der Waals surface area contributed by atoms with Crippen LogP contribution < -0.4 is 10.6 Å². The molecule has 2 aliphatic rings. The van der Waals surface area contributed by atoms with Gasteiger partial charge in [-0.3, -0.25) is 0 Å². The summed E-state index contributed by atoms with van der Waals surface area (Å²) in [5.74, 6) is 0.963. The lowest BCUT2D eigenvalue weighted by atomic mass is 9.79. The summed E-state index contributed by atoms with van der Waals surface area (Å²) in [5.41, 5.74) is 0.511. The highest BCUT2D eigenvalue weighted by Gasteiger charge is 2.30. The molecule has 2 heteroatoms. The topological polar surface area (TPSA) is 24.1 Å². The molecule has 1 aliphatic carbocycles. The summed E-state index contributed by atoms with van der Waals surface area (Å²) in [6.07, 6.45) is 5.52. The van der Waals surface area contributed by atoms with E-state index in [0.717, 1.165) is 12.0 Å². The molecule has 2 nitrogen and oxygen atoms in total. The molecular formula is C12H24N2. The van der Waals surface area contributed by atoms with Gasteiger partial charge in [0, 0.05) is 19.1 Å². The van der Waals surface area contributed by atoms with Crippen LogP contribution in [0.25, 0.3) is 0 Å². The van der Waals surface area contributed by atoms with E-state index in [-0.39, 0.29) is 0 Å². The van der Waals surface area contributed by atoms with Crippen molar-refractivity contribution in [2.24, 2.45) is 11.3 Å². The molecule has 0 aromatic rings. The molecule has 0 radical (unpaired) electrons. The summed E-state index contributed by atoms with van der Waals surface area (Å²) in [6.45, 7) is 8.38. The maximum Gasteiger partial charge on any atom is 0.00723 e. The Morgan fingerprint density at radius 1 is 1.43 bits per heavy atom. The molecule has 0 aromatic carbocycles. The summed E-state index contributed by atoms with van der Waals surface area (Å²) in [5, 5.41) is 7.22. The second kappa shape index (κ2) is 4.19. The fourth-order valence-electron chi connectivity index (χ4n) is 2.73. The largest absolute Gasteiger partial charge is 0.316 e. The fourth-order valence-corrected chi connectivity index (χ4v) is 2.73. The zero-order valence-corrected chi connectivity index (χ0v) is 9.60. The van der Waals surface area contributed by atoms with Crippen LogP contribution in [0.5, 0.6) is 0 Å². The highest BCUT2D eigenvalue weighted by molar-refractivity contribution is 4.88. The molecule has 14 heavy (non-hydrogen) atoms. The van der Waals surface area contributed by atoms with Gasteiger partial charge in [-0.2, -0.15) is 0 Å². The molecule has 1 saturated carbocycles. The Morgan fingerprint density at radius 3 is 2.79 bits per heavy atom. The maximum absolute atomic E-state index is 3.72. The molecule has 1 aliphatic heterocycles. The average molecular weight is 196 g/mol. The molecule has 1 unspecified atom stereocenters. The molecule has 2 rings (SSSR count). The van der Waals surface area contributed by atoms with Crippen molar-refractivity contribution in [2.75, 3.05) is 19.6 Å². The van der Waals surface area contributed by atoms with Gasteiger partial charge in [0.15, 0.2) is 0 Å². The number of hydrogen-bond acceptors (Lipinski definition) is 2. The van der Waals surface area contributed by atoms with Crippen LogP contribution in [0.15, 0.2) is 0 Å². The van der Waals surface area contributed by atoms with Crippen LogP contribution in [-0.4, -0.2) is 25.7 Å². The molecule has 1 saturated heterocycles. The molecule has 2 N–H and O–H groups in total. The van der Waals surface area contributed by atoms with Crippen molar-refractivity contribution in [3.63, 3.8) is 0 Å². The van der Waals surface area contributed by atoms with Crippen LogP contribution in [0.1, 0.15) is 39.5 Å². The first-order valence-corrected chi connectivity index (χ1v) is 6.12. The second-order valence-electron chi connectivity index (χ2n) is 5.75. The van der Waals surface area contributed by atoms with Gasteiger partial charge >= 0.3 is 0 Å². The smallest absolute Gasteiger partial charge is 0.00723 e. The van der Waals surface area contributed by atoms with E-state index >= 15 is 0 Å². The Hall–Kier alpha value is -0.0800. The van der Waals surface area contributed by atoms with Gasteiger partial charge in [0.1, 0.15) is 0 Å². The minimum absolute atomic E-state index is 0.511. The molecule has 2 fully saturated rings. The van der Waals surface area contributed by atoms with Crippen LogP contribution in [0, 0.1) is 11.3 Å². The van der Waals surface area contributed by atoms with E-state index in [1.54, 1.807) is 0 Å². The molecule has 1 atom stereocenters. The van der Waals surface area contributed by atoms with Gasteiger partial charge in [0.2, 0.25) is 0 Å². The summed E-state index contributed by atoms with van der Waals surface area (Å²) >= 11 is 0. The first-order valence-electron chi connectivity index (χ1n) is 6.12. The lowest BCUT2D eigenvalue weighted by molar-refractivity contribution is 0.177. The van der Waals surface area contributed by atoms with Crippen molar-refractivity contribution in [1.29, 1.82) is 0 Å². The maximum atomic E-state index is 3.72. The normalized spacial score (nSPS) is 43.3. The standard InChI is InChI=1S/C12H24N2/c1-10-6-11(7-10)14-9-12(2)4-3-5-13-8-12/h10-11,13-14H,3-9H2,1-2H3. The predicted molar refractivity (Wildman–Crippen MR) is 60.4 cm³/mol. The van der Waals surface area contributed by atoms with Crippen molar-refractivity contribution < 1.29 is 0 Å². The van der Waals surface area contributed by atoms with E-state index in [1.807, 2.05) is 0 Å². The highest BCUT2D eigenvalue weighted by atomic mass is 15.0. The summed E-state index contributed by atoms with van der Waals surface area (Å²) in [4.78, 5) is 0. The Kier molecular flexibility index (Phi) is 3.13. The third kappa shape index (κ3) is 2.48. The van der Waals surface area contributed by atoms with Crippen molar-refractivity contribution in [2.45, 2.75) is 45.6 Å². The summed E-state index contributed by atoms with van der Waals surface area (Å²) < 4.78 is 0. The van der Waals surface area contributed by atoms with E-state index in [4.69, 9.17) is 0 Å². The van der Waals surface area contributed by atoms with Gasteiger partial charge in [-0.25, -0.2) is 0 Å². The molecule has 0 bridgehead atoms. The van der Waals surface area contributed by atoms with E-state index in [1.165, 1.54) is 45.3 Å². The van der Waals surface area contributed by atoms with Crippen molar-refractivity contribution in [3.8, 4) is 0 Å². The number of piperidine rings is 1. The predicted octanol–water partition coefficient (Wildman–Crippen LogP) is 1.76. The lowest BCUT2D eigenvalue weighted by Crippen LogP contribution is -2.49. The van der Waals surface area contributed by atoms with Gasteiger partial charge in [-0.05, 0) is 43.6 Å². The minimum atomic E-state index is 0.511. The number of nitrogens with one attached hydrogen (secondary N) is 2. The minimum Gasteiger partial charge on any atom is -0.316 e. The average Bonchev–Trinajstić information content (AvgIpc) is 2.12. The Balaban J connectivity index is 1.68. The monoisotopic (exact) mass is 196 g/mol. The number of rotatable bonds is 3. The van der Waals surface area contributed by atoms with Gasteiger partial charge < -0.3 is 10.6 Å².